The van der Waals surface area contributed by atoms with Gasteiger partial charge in [0, 0.05) is 10.5 Å². The van der Waals surface area contributed by atoms with Gasteiger partial charge in [-0.2, -0.15) is 0 Å². The standard InChI is InChI=1S/C12H9N3O/c13-15-14-8-12(16)11-6-5-9-3-1-2-4-10(9)7-11/h1-7H,8H2. The van der Waals surface area contributed by atoms with E-state index in [1.165, 1.54) is 0 Å². The molecule has 0 unspecified atom stereocenters. The van der Waals surface area contributed by atoms with Crippen molar-refractivity contribution in [3.05, 3.63) is 58.5 Å². The number of azide groups is 1. The van der Waals surface area contributed by atoms with Gasteiger partial charge in [-0.15, -0.1) is 0 Å². The molecule has 0 radical (unpaired) electrons. The maximum Gasteiger partial charge on any atom is 0.168 e. The van der Waals surface area contributed by atoms with Crippen molar-refractivity contribution in [3.8, 4) is 0 Å². The van der Waals surface area contributed by atoms with Gasteiger partial charge in [0.1, 0.15) is 0 Å². The van der Waals surface area contributed by atoms with Crippen molar-refractivity contribution in [2.24, 2.45) is 5.11 Å². The molecule has 0 bridgehead atoms. The lowest BCUT2D eigenvalue weighted by Gasteiger charge is -2.00. The van der Waals surface area contributed by atoms with Crippen molar-refractivity contribution in [1.82, 2.24) is 0 Å². The minimum absolute atomic E-state index is 0.130. The molecule has 0 saturated heterocycles. The minimum Gasteiger partial charge on any atom is -0.294 e. The van der Waals surface area contributed by atoms with Gasteiger partial charge >= 0.3 is 0 Å². The molecule has 0 aliphatic carbocycles. The predicted octanol–water partition coefficient (Wildman–Crippen LogP) is 3.33. The fourth-order valence-electron chi connectivity index (χ4n) is 1.55. The SMILES string of the molecule is [N-]=[N+]=NCC(=O)c1ccc2ccccc2c1. The van der Waals surface area contributed by atoms with Gasteiger partial charge in [0.05, 0.1) is 6.54 Å². The summed E-state index contributed by atoms with van der Waals surface area (Å²) < 4.78 is 0. The third-order valence-corrected chi connectivity index (χ3v) is 2.35. The van der Waals surface area contributed by atoms with Crippen LogP contribution in [0.4, 0.5) is 0 Å². The van der Waals surface area contributed by atoms with Gasteiger partial charge in [-0.05, 0) is 22.4 Å². The van der Waals surface area contributed by atoms with Crippen LogP contribution in [-0.2, 0) is 0 Å². The van der Waals surface area contributed by atoms with Crippen molar-refractivity contribution in [2.75, 3.05) is 6.54 Å². The number of carbonyl (C=O) groups is 1. The van der Waals surface area contributed by atoms with Gasteiger partial charge in [-0.25, -0.2) is 0 Å². The molecular weight excluding hydrogens is 202 g/mol. The highest BCUT2D eigenvalue weighted by molar-refractivity contribution is 6.01. The van der Waals surface area contributed by atoms with E-state index in [9.17, 15) is 4.79 Å². The van der Waals surface area contributed by atoms with Gasteiger partial charge in [0.25, 0.3) is 0 Å². The number of carbonyl (C=O) groups excluding carboxylic acids is 1. The van der Waals surface area contributed by atoms with Crippen molar-refractivity contribution < 1.29 is 4.79 Å². The second-order valence-electron chi connectivity index (χ2n) is 3.37. The fraction of sp³-hybridized carbons (Fsp3) is 0.0833. The Labute approximate surface area is 92.1 Å². The van der Waals surface area contributed by atoms with Crippen LogP contribution in [0.15, 0.2) is 47.6 Å². The summed E-state index contributed by atoms with van der Waals surface area (Å²) in [5.41, 5.74) is 8.72. The maximum absolute atomic E-state index is 11.6. The summed E-state index contributed by atoms with van der Waals surface area (Å²) in [6.07, 6.45) is 0. The van der Waals surface area contributed by atoms with Gasteiger partial charge < -0.3 is 0 Å². The summed E-state index contributed by atoms with van der Waals surface area (Å²) in [6, 6.07) is 13.2. The quantitative estimate of drug-likeness (QED) is 0.332. The first-order valence-corrected chi connectivity index (χ1v) is 4.84. The molecule has 0 aromatic heterocycles. The predicted molar refractivity (Wildman–Crippen MR) is 62.3 cm³/mol. The van der Waals surface area contributed by atoms with E-state index < -0.39 is 0 Å². The van der Waals surface area contributed by atoms with Crippen LogP contribution in [0.25, 0.3) is 21.2 Å². The molecule has 0 amide bonds. The lowest BCUT2D eigenvalue weighted by atomic mass is 10.0. The minimum atomic E-state index is -0.163. The number of hydrogen-bond acceptors (Lipinski definition) is 2. The first-order chi connectivity index (χ1) is 7.81. The normalized spacial score (nSPS) is 9.75. The Morgan fingerprint density at radius 1 is 1.19 bits per heavy atom. The maximum atomic E-state index is 11.6. The average molecular weight is 211 g/mol. The molecule has 0 spiro atoms. The molecule has 4 nitrogen and oxygen atoms in total. The third kappa shape index (κ3) is 2.02. The molecule has 78 valence electrons. The molecule has 0 N–H and O–H groups in total. The first kappa shape index (κ1) is 10.2. The Hall–Kier alpha value is -2.32. The monoisotopic (exact) mass is 211 g/mol. The van der Waals surface area contributed by atoms with Crippen molar-refractivity contribution in [3.63, 3.8) is 0 Å². The van der Waals surface area contributed by atoms with Crippen LogP contribution >= 0.6 is 0 Å². The molecule has 2 aromatic carbocycles. The van der Waals surface area contributed by atoms with Crippen LogP contribution in [0.2, 0.25) is 0 Å². The number of rotatable bonds is 3. The topological polar surface area (TPSA) is 65.8 Å². The molecule has 4 heteroatoms. The van der Waals surface area contributed by atoms with Crippen LogP contribution in [0.3, 0.4) is 0 Å². The van der Waals surface area contributed by atoms with Crippen LogP contribution in [0.5, 0.6) is 0 Å². The largest absolute Gasteiger partial charge is 0.294 e. The molecule has 0 atom stereocenters. The summed E-state index contributed by atoms with van der Waals surface area (Å²) in [7, 11) is 0. The lowest BCUT2D eigenvalue weighted by molar-refractivity contribution is 0.100. The summed E-state index contributed by atoms with van der Waals surface area (Å²) >= 11 is 0. The second kappa shape index (κ2) is 4.47. The number of ketones is 1. The van der Waals surface area contributed by atoms with E-state index in [4.69, 9.17) is 5.53 Å². The van der Waals surface area contributed by atoms with Crippen molar-refractivity contribution in [1.29, 1.82) is 0 Å². The number of benzene rings is 2. The molecule has 0 aliphatic rings. The molecule has 2 aromatic rings. The zero-order valence-corrected chi connectivity index (χ0v) is 8.50. The highest BCUT2D eigenvalue weighted by atomic mass is 16.1. The zero-order chi connectivity index (χ0) is 11.4. The van der Waals surface area contributed by atoms with E-state index in [1.807, 2.05) is 36.4 Å². The molecular formula is C12H9N3O. The van der Waals surface area contributed by atoms with Crippen molar-refractivity contribution in [2.45, 2.75) is 0 Å². The smallest absolute Gasteiger partial charge is 0.168 e. The van der Waals surface area contributed by atoms with Crippen LogP contribution in [-0.4, -0.2) is 12.3 Å². The molecule has 0 saturated carbocycles. The van der Waals surface area contributed by atoms with Crippen LogP contribution in [0, 0.1) is 0 Å². The Bertz CT molecular complexity index is 586. The van der Waals surface area contributed by atoms with E-state index in [1.54, 1.807) is 6.07 Å². The van der Waals surface area contributed by atoms with Crippen LogP contribution < -0.4 is 0 Å². The van der Waals surface area contributed by atoms with E-state index in [-0.39, 0.29) is 12.3 Å². The first-order valence-electron chi connectivity index (χ1n) is 4.84. The lowest BCUT2D eigenvalue weighted by Crippen LogP contribution is -2.02. The highest BCUT2D eigenvalue weighted by Crippen LogP contribution is 2.15. The van der Waals surface area contributed by atoms with Crippen molar-refractivity contribution >= 4 is 16.6 Å². The van der Waals surface area contributed by atoms with Gasteiger partial charge in [-0.3, -0.25) is 4.79 Å². The molecule has 2 rings (SSSR count). The summed E-state index contributed by atoms with van der Waals surface area (Å²) in [5, 5.41) is 5.35. The number of Topliss-reactive ketones (excluding diaryl/α,β-unsaturated/α-hetero) is 1. The third-order valence-electron chi connectivity index (χ3n) is 2.35. The Morgan fingerprint density at radius 2 is 1.94 bits per heavy atom. The molecule has 16 heavy (non-hydrogen) atoms. The Balaban J connectivity index is 2.39. The van der Waals surface area contributed by atoms with Crippen LogP contribution in [0.1, 0.15) is 10.4 Å². The van der Waals surface area contributed by atoms with E-state index >= 15 is 0 Å². The zero-order valence-electron chi connectivity index (χ0n) is 8.50. The van der Waals surface area contributed by atoms with Gasteiger partial charge in [-0.1, -0.05) is 41.5 Å². The number of nitrogens with zero attached hydrogens (tertiary/aromatic N) is 3. The summed E-state index contributed by atoms with van der Waals surface area (Å²) in [4.78, 5) is 14.2. The number of fused-ring (bicyclic) bond motifs is 1. The van der Waals surface area contributed by atoms with Gasteiger partial charge in [0.2, 0.25) is 0 Å². The van der Waals surface area contributed by atoms with E-state index in [2.05, 4.69) is 10.0 Å². The summed E-state index contributed by atoms with van der Waals surface area (Å²) in [6.45, 7) is -0.130. The molecule has 0 aliphatic heterocycles. The highest BCUT2D eigenvalue weighted by Gasteiger charge is 2.04. The Kier molecular flexibility index (Phi) is 2.85. The van der Waals surface area contributed by atoms with Gasteiger partial charge in [0.15, 0.2) is 5.78 Å². The number of hydrogen-bond donors (Lipinski definition) is 0. The molecule has 0 fully saturated rings. The fourth-order valence-corrected chi connectivity index (χ4v) is 1.55. The average Bonchev–Trinajstić information content (AvgIpc) is 2.35. The van der Waals surface area contributed by atoms with E-state index in [0.717, 1.165) is 10.8 Å². The second-order valence-corrected chi connectivity index (χ2v) is 3.37. The van der Waals surface area contributed by atoms with E-state index in [0.29, 0.717) is 5.56 Å². The Morgan fingerprint density at radius 3 is 2.69 bits per heavy atom. The molecule has 0 heterocycles. The summed E-state index contributed by atoms with van der Waals surface area (Å²) in [5.74, 6) is -0.163.